The Morgan fingerprint density at radius 1 is 1.11 bits per heavy atom. The number of aromatic nitrogens is 2. The number of aromatic carboxylic acids is 1. The molecule has 0 radical (unpaired) electrons. The summed E-state index contributed by atoms with van der Waals surface area (Å²) in [5.74, 6) is -11.1. The van der Waals surface area contributed by atoms with Crippen molar-refractivity contribution in [3.63, 3.8) is 0 Å². The number of H-pyrrole nitrogens is 1. The number of nitrogens with one attached hydrogen (secondary N) is 1. The molecule has 0 atom stereocenters. The van der Waals surface area contributed by atoms with Crippen molar-refractivity contribution in [1.82, 2.24) is 10.2 Å². The SMILES string of the molecule is O=C(O)c1cc(-c2c(O)c(F)c(F)c(F)c2F)n[nH]1. The number of aromatic hydroxyl groups is 1. The number of carboxylic acids is 1. The van der Waals surface area contributed by atoms with Crippen molar-refractivity contribution in [1.29, 1.82) is 0 Å². The number of carboxylic acid groups (broad SMARTS) is 1. The van der Waals surface area contributed by atoms with Crippen LogP contribution >= 0.6 is 0 Å². The number of phenols is 1. The maximum Gasteiger partial charge on any atom is 0.353 e. The van der Waals surface area contributed by atoms with Crippen molar-refractivity contribution < 1.29 is 32.6 Å². The Balaban J connectivity index is 2.71. The van der Waals surface area contributed by atoms with E-state index >= 15 is 0 Å². The molecule has 100 valence electrons. The second-order valence-corrected chi connectivity index (χ2v) is 3.45. The highest BCUT2D eigenvalue weighted by molar-refractivity contribution is 5.87. The van der Waals surface area contributed by atoms with Crippen LogP contribution in [0.5, 0.6) is 5.75 Å². The van der Waals surface area contributed by atoms with Crippen molar-refractivity contribution >= 4 is 5.97 Å². The molecule has 1 aromatic carbocycles. The molecule has 2 aromatic rings. The third kappa shape index (κ3) is 1.88. The minimum absolute atomic E-state index is 0.501. The maximum absolute atomic E-state index is 13.5. The fourth-order valence-corrected chi connectivity index (χ4v) is 1.41. The number of halogens is 4. The van der Waals surface area contributed by atoms with Crippen LogP contribution in [-0.4, -0.2) is 26.4 Å². The lowest BCUT2D eigenvalue weighted by atomic mass is 10.1. The highest BCUT2D eigenvalue weighted by Gasteiger charge is 2.27. The van der Waals surface area contributed by atoms with Crippen LogP contribution in [-0.2, 0) is 0 Å². The molecule has 0 amide bonds. The van der Waals surface area contributed by atoms with Gasteiger partial charge in [-0.1, -0.05) is 0 Å². The number of phenolic OH excluding ortho intramolecular Hbond substituents is 1. The van der Waals surface area contributed by atoms with E-state index in [2.05, 4.69) is 5.10 Å². The van der Waals surface area contributed by atoms with E-state index < -0.39 is 51.9 Å². The summed E-state index contributed by atoms with van der Waals surface area (Å²) in [4.78, 5) is 10.6. The Morgan fingerprint density at radius 3 is 2.21 bits per heavy atom. The molecule has 1 heterocycles. The predicted molar refractivity (Wildman–Crippen MR) is 52.5 cm³/mol. The molecule has 0 unspecified atom stereocenters. The van der Waals surface area contributed by atoms with Gasteiger partial charge in [0.1, 0.15) is 5.69 Å². The first-order valence-electron chi connectivity index (χ1n) is 4.68. The molecule has 0 fully saturated rings. The number of aromatic amines is 1. The van der Waals surface area contributed by atoms with Gasteiger partial charge in [-0.3, -0.25) is 5.10 Å². The van der Waals surface area contributed by atoms with Gasteiger partial charge in [0.25, 0.3) is 0 Å². The van der Waals surface area contributed by atoms with Gasteiger partial charge in [0.15, 0.2) is 17.4 Å². The zero-order valence-corrected chi connectivity index (χ0v) is 8.84. The predicted octanol–water partition coefficient (Wildman–Crippen LogP) is 2.04. The van der Waals surface area contributed by atoms with E-state index in [-0.39, 0.29) is 0 Å². The lowest BCUT2D eigenvalue weighted by molar-refractivity contribution is 0.0690. The first-order valence-corrected chi connectivity index (χ1v) is 4.68. The Kier molecular flexibility index (Phi) is 2.89. The smallest absolute Gasteiger partial charge is 0.353 e. The van der Waals surface area contributed by atoms with E-state index in [0.717, 1.165) is 6.07 Å². The van der Waals surface area contributed by atoms with E-state index in [1.165, 1.54) is 0 Å². The number of hydrogen-bond donors (Lipinski definition) is 3. The average Bonchev–Trinajstić information content (AvgIpc) is 2.84. The normalized spacial score (nSPS) is 10.7. The molecular formula is C10H4F4N2O3. The number of nitrogens with zero attached hydrogens (tertiary/aromatic N) is 1. The van der Waals surface area contributed by atoms with Crippen LogP contribution in [0.3, 0.4) is 0 Å². The number of rotatable bonds is 2. The maximum atomic E-state index is 13.5. The highest BCUT2D eigenvalue weighted by Crippen LogP contribution is 2.36. The van der Waals surface area contributed by atoms with E-state index in [1.807, 2.05) is 5.10 Å². The van der Waals surface area contributed by atoms with Crippen molar-refractivity contribution in [2.24, 2.45) is 0 Å². The van der Waals surface area contributed by atoms with Crippen molar-refractivity contribution in [2.75, 3.05) is 0 Å². The summed E-state index contributed by atoms with van der Waals surface area (Å²) in [7, 11) is 0. The molecule has 1 aromatic heterocycles. The van der Waals surface area contributed by atoms with E-state index in [4.69, 9.17) is 5.11 Å². The second-order valence-electron chi connectivity index (χ2n) is 3.45. The molecule has 5 nitrogen and oxygen atoms in total. The molecule has 0 bridgehead atoms. The molecule has 0 aliphatic rings. The van der Waals surface area contributed by atoms with Gasteiger partial charge in [-0.05, 0) is 6.07 Å². The summed E-state index contributed by atoms with van der Waals surface area (Å²) in [6, 6.07) is 0.733. The minimum Gasteiger partial charge on any atom is -0.504 e. The lowest BCUT2D eigenvalue weighted by Gasteiger charge is -2.06. The Labute approximate surface area is 102 Å². The summed E-state index contributed by atoms with van der Waals surface area (Å²) in [6.45, 7) is 0. The summed E-state index contributed by atoms with van der Waals surface area (Å²) in [5, 5.41) is 23.1. The fraction of sp³-hybridized carbons (Fsp3) is 0. The summed E-state index contributed by atoms with van der Waals surface area (Å²) in [6.07, 6.45) is 0. The van der Waals surface area contributed by atoms with Gasteiger partial charge in [-0.25, -0.2) is 18.0 Å². The molecule has 0 spiro atoms. The minimum atomic E-state index is -2.17. The Bertz CT molecular complexity index is 655. The van der Waals surface area contributed by atoms with Crippen LogP contribution in [0.4, 0.5) is 17.6 Å². The van der Waals surface area contributed by atoms with Crippen LogP contribution in [0.25, 0.3) is 11.3 Å². The van der Waals surface area contributed by atoms with Crippen LogP contribution in [0, 0.1) is 23.3 Å². The Hall–Kier alpha value is -2.58. The number of carbonyl (C=O) groups is 1. The van der Waals surface area contributed by atoms with Gasteiger partial charge < -0.3 is 10.2 Å². The number of hydrogen-bond acceptors (Lipinski definition) is 3. The average molecular weight is 276 g/mol. The van der Waals surface area contributed by atoms with Crippen molar-refractivity contribution in [3.05, 3.63) is 35.0 Å². The molecule has 0 saturated carbocycles. The molecule has 9 heteroatoms. The molecule has 0 aliphatic carbocycles. The van der Waals surface area contributed by atoms with Crippen molar-refractivity contribution in [2.45, 2.75) is 0 Å². The van der Waals surface area contributed by atoms with Gasteiger partial charge in [0.2, 0.25) is 11.6 Å². The first-order chi connectivity index (χ1) is 8.84. The summed E-state index contributed by atoms with van der Waals surface area (Å²) < 4.78 is 52.4. The third-order valence-corrected chi connectivity index (χ3v) is 2.31. The fourth-order valence-electron chi connectivity index (χ4n) is 1.41. The van der Waals surface area contributed by atoms with Crippen LogP contribution in [0.1, 0.15) is 10.5 Å². The molecule has 3 N–H and O–H groups in total. The molecule has 0 saturated heterocycles. The Morgan fingerprint density at radius 2 is 1.68 bits per heavy atom. The van der Waals surface area contributed by atoms with E-state index in [9.17, 15) is 27.5 Å². The number of benzene rings is 1. The highest BCUT2D eigenvalue weighted by atomic mass is 19.2. The zero-order valence-electron chi connectivity index (χ0n) is 8.84. The monoisotopic (exact) mass is 276 g/mol. The molecular weight excluding hydrogens is 272 g/mol. The standard InChI is InChI=1S/C10H4F4N2O3/c11-5-4(2-1-3(10(18)19)16-15-2)9(17)8(14)7(13)6(5)12/h1,17H,(H,15,16)(H,18,19). The molecule has 0 aliphatic heterocycles. The summed E-state index contributed by atoms with van der Waals surface area (Å²) >= 11 is 0. The lowest BCUT2D eigenvalue weighted by Crippen LogP contribution is -2.00. The topological polar surface area (TPSA) is 86.2 Å². The van der Waals surface area contributed by atoms with Crippen LogP contribution in [0.2, 0.25) is 0 Å². The van der Waals surface area contributed by atoms with Crippen LogP contribution in [0.15, 0.2) is 6.07 Å². The zero-order chi connectivity index (χ0) is 14.3. The van der Waals surface area contributed by atoms with Gasteiger partial charge in [0.05, 0.1) is 11.3 Å². The van der Waals surface area contributed by atoms with E-state index in [1.54, 1.807) is 0 Å². The van der Waals surface area contributed by atoms with Gasteiger partial charge in [-0.2, -0.15) is 9.49 Å². The summed E-state index contributed by atoms with van der Waals surface area (Å²) in [5.41, 5.74) is -2.15. The quantitative estimate of drug-likeness (QED) is 0.445. The molecule has 19 heavy (non-hydrogen) atoms. The third-order valence-electron chi connectivity index (χ3n) is 2.31. The van der Waals surface area contributed by atoms with Crippen molar-refractivity contribution in [3.8, 4) is 17.0 Å². The first kappa shape index (κ1) is 12.9. The van der Waals surface area contributed by atoms with E-state index in [0.29, 0.717) is 0 Å². The second kappa shape index (κ2) is 4.26. The molecule has 2 rings (SSSR count). The van der Waals surface area contributed by atoms with Gasteiger partial charge in [0, 0.05) is 0 Å². The van der Waals surface area contributed by atoms with Gasteiger partial charge >= 0.3 is 5.97 Å². The van der Waals surface area contributed by atoms with Crippen LogP contribution < -0.4 is 0 Å². The largest absolute Gasteiger partial charge is 0.504 e. The van der Waals surface area contributed by atoms with Gasteiger partial charge in [-0.15, -0.1) is 0 Å².